The number of rotatable bonds is 5. The topological polar surface area (TPSA) is 81.0 Å². The summed E-state index contributed by atoms with van der Waals surface area (Å²) >= 11 is 1.45. The number of benzene rings is 1. The second-order valence-electron chi connectivity index (χ2n) is 4.18. The molecule has 0 saturated heterocycles. The van der Waals surface area contributed by atoms with Crippen molar-refractivity contribution in [2.75, 3.05) is 12.4 Å². The third kappa shape index (κ3) is 3.45. The second-order valence-corrected chi connectivity index (χ2v) is 5.12. The van der Waals surface area contributed by atoms with E-state index in [2.05, 4.69) is 15.3 Å². The molecular weight excluding hydrogens is 276 g/mol. The van der Waals surface area contributed by atoms with E-state index < -0.39 is 4.92 Å². The predicted octanol–water partition coefficient (Wildman–Crippen LogP) is 3.03. The van der Waals surface area contributed by atoms with Gasteiger partial charge >= 0.3 is 0 Å². The van der Waals surface area contributed by atoms with Crippen LogP contribution in [-0.2, 0) is 5.75 Å². The zero-order valence-electron chi connectivity index (χ0n) is 11.2. The van der Waals surface area contributed by atoms with Crippen molar-refractivity contribution in [2.45, 2.75) is 17.8 Å². The average Bonchev–Trinajstić information content (AvgIpc) is 2.46. The largest absolute Gasteiger partial charge is 0.388 e. The molecule has 0 saturated carbocycles. The first-order valence-corrected chi connectivity index (χ1v) is 6.95. The molecule has 0 aliphatic rings. The van der Waals surface area contributed by atoms with E-state index in [1.54, 1.807) is 31.6 Å². The smallest absolute Gasteiger partial charge is 0.269 e. The van der Waals surface area contributed by atoms with E-state index in [0.29, 0.717) is 10.9 Å². The number of nitro groups is 1. The molecule has 7 heteroatoms. The van der Waals surface area contributed by atoms with Crippen LogP contribution >= 0.6 is 11.8 Å². The van der Waals surface area contributed by atoms with Crippen LogP contribution in [0.15, 0.2) is 35.7 Å². The summed E-state index contributed by atoms with van der Waals surface area (Å²) in [6.07, 6.45) is 3.50. The van der Waals surface area contributed by atoms with E-state index >= 15 is 0 Å². The molecule has 0 aliphatic carbocycles. The number of nitrogens with one attached hydrogen (secondary N) is 1. The van der Waals surface area contributed by atoms with Gasteiger partial charge in [-0.1, -0.05) is 11.8 Å². The molecule has 0 aliphatic heterocycles. The Morgan fingerprint density at radius 2 is 2.05 bits per heavy atom. The lowest BCUT2D eigenvalue weighted by Crippen LogP contribution is -1.97. The molecule has 6 nitrogen and oxygen atoms in total. The van der Waals surface area contributed by atoms with Crippen molar-refractivity contribution in [1.82, 2.24) is 9.97 Å². The van der Waals surface area contributed by atoms with Gasteiger partial charge in [-0.05, 0) is 24.1 Å². The summed E-state index contributed by atoms with van der Waals surface area (Å²) in [5.74, 6) is 0.570. The molecule has 0 fully saturated rings. The Bertz CT molecular complexity index is 616. The molecule has 2 rings (SSSR count). The van der Waals surface area contributed by atoms with Crippen LogP contribution in [0.5, 0.6) is 0 Å². The molecule has 1 heterocycles. The fraction of sp³-hybridized carbons (Fsp3) is 0.231. The van der Waals surface area contributed by atoms with E-state index in [4.69, 9.17) is 0 Å². The van der Waals surface area contributed by atoms with Crippen molar-refractivity contribution in [3.63, 3.8) is 0 Å². The zero-order chi connectivity index (χ0) is 14.5. The Labute approximate surface area is 120 Å². The van der Waals surface area contributed by atoms with Crippen LogP contribution in [-0.4, -0.2) is 21.9 Å². The van der Waals surface area contributed by atoms with E-state index in [-0.39, 0.29) is 5.69 Å². The molecule has 1 aromatic carbocycles. The molecule has 0 spiro atoms. The van der Waals surface area contributed by atoms with Crippen molar-refractivity contribution in [1.29, 1.82) is 0 Å². The van der Waals surface area contributed by atoms with E-state index in [1.165, 1.54) is 17.8 Å². The van der Waals surface area contributed by atoms with Crippen molar-refractivity contribution in [2.24, 2.45) is 0 Å². The molecule has 1 N–H and O–H groups in total. The fourth-order valence-electron chi connectivity index (χ4n) is 1.65. The lowest BCUT2D eigenvalue weighted by Gasteiger charge is -2.08. The van der Waals surface area contributed by atoms with Crippen molar-refractivity contribution in [3.05, 3.63) is 51.8 Å². The summed E-state index contributed by atoms with van der Waals surface area (Å²) in [5.41, 5.74) is 2.82. The maximum absolute atomic E-state index is 10.8. The molecule has 1 aromatic heterocycles. The number of anilines is 1. The lowest BCUT2D eigenvalue weighted by molar-refractivity contribution is -0.384. The molecule has 0 amide bonds. The van der Waals surface area contributed by atoms with Gasteiger partial charge in [-0.3, -0.25) is 10.1 Å². The standard InChI is InChI=1S/C13H14N4O2S/c1-9-6-15-13(16-7-9)20-8-10-5-11(17(18)19)3-4-12(10)14-2/h3-7,14H,8H2,1-2H3. The average molecular weight is 290 g/mol. The van der Waals surface area contributed by atoms with Gasteiger partial charge in [0.25, 0.3) is 5.69 Å². The third-order valence-electron chi connectivity index (χ3n) is 2.68. The quantitative estimate of drug-likeness (QED) is 0.394. The maximum atomic E-state index is 10.8. The highest BCUT2D eigenvalue weighted by Crippen LogP contribution is 2.27. The van der Waals surface area contributed by atoms with Crippen LogP contribution in [0.25, 0.3) is 0 Å². The van der Waals surface area contributed by atoms with Crippen LogP contribution in [0, 0.1) is 17.0 Å². The number of nitrogens with zero attached hydrogens (tertiary/aromatic N) is 3. The highest BCUT2D eigenvalue weighted by Gasteiger charge is 2.11. The maximum Gasteiger partial charge on any atom is 0.269 e. The first kappa shape index (κ1) is 14.3. The minimum absolute atomic E-state index is 0.0874. The van der Waals surface area contributed by atoms with E-state index in [1.807, 2.05) is 6.92 Å². The van der Waals surface area contributed by atoms with Gasteiger partial charge < -0.3 is 5.32 Å². The number of hydrogen-bond donors (Lipinski definition) is 1. The van der Waals surface area contributed by atoms with Gasteiger partial charge in [0.1, 0.15) is 0 Å². The Balaban J connectivity index is 2.16. The van der Waals surface area contributed by atoms with Gasteiger partial charge in [0.15, 0.2) is 5.16 Å². The van der Waals surface area contributed by atoms with Crippen LogP contribution in [0.2, 0.25) is 0 Å². The monoisotopic (exact) mass is 290 g/mol. The first-order valence-electron chi connectivity index (χ1n) is 5.96. The molecule has 2 aromatic rings. The molecular formula is C13H14N4O2S. The molecule has 0 bridgehead atoms. The summed E-state index contributed by atoms with van der Waals surface area (Å²) in [5, 5.41) is 14.5. The first-order chi connectivity index (χ1) is 9.60. The normalized spacial score (nSPS) is 10.3. The summed E-state index contributed by atoms with van der Waals surface area (Å²) in [7, 11) is 1.79. The Hall–Kier alpha value is -2.15. The number of hydrogen-bond acceptors (Lipinski definition) is 6. The van der Waals surface area contributed by atoms with Crippen LogP contribution < -0.4 is 5.32 Å². The van der Waals surface area contributed by atoms with Crippen molar-refractivity contribution >= 4 is 23.1 Å². The third-order valence-corrected chi connectivity index (χ3v) is 3.61. The minimum atomic E-state index is -0.393. The molecule has 0 atom stereocenters. The summed E-state index contributed by atoms with van der Waals surface area (Å²) in [4.78, 5) is 18.8. The number of thioether (sulfide) groups is 1. The SMILES string of the molecule is CNc1ccc([N+](=O)[O-])cc1CSc1ncc(C)cn1. The lowest BCUT2D eigenvalue weighted by atomic mass is 10.2. The molecule has 0 radical (unpaired) electrons. The summed E-state index contributed by atoms with van der Waals surface area (Å²) < 4.78 is 0. The molecule has 104 valence electrons. The highest BCUT2D eigenvalue weighted by molar-refractivity contribution is 7.98. The van der Waals surface area contributed by atoms with Gasteiger partial charge in [0.05, 0.1) is 4.92 Å². The van der Waals surface area contributed by atoms with Crippen LogP contribution in [0.1, 0.15) is 11.1 Å². The Morgan fingerprint density at radius 1 is 1.35 bits per heavy atom. The summed E-state index contributed by atoms with van der Waals surface area (Å²) in [6.45, 7) is 1.92. The summed E-state index contributed by atoms with van der Waals surface area (Å²) in [6, 6.07) is 4.78. The minimum Gasteiger partial charge on any atom is -0.388 e. The predicted molar refractivity (Wildman–Crippen MR) is 79.0 cm³/mol. The van der Waals surface area contributed by atoms with E-state index in [0.717, 1.165) is 16.8 Å². The number of aryl methyl sites for hydroxylation is 1. The molecule has 0 unspecified atom stereocenters. The molecule has 20 heavy (non-hydrogen) atoms. The van der Waals surface area contributed by atoms with Crippen LogP contribution in [0.3, 0.4) is 0 Å². The van der Waals surface area contributed by atoms with Gasteiger partial charge in [0, 0.05) is 43.0 Å². The zero-order valence-corrected chi connectivity index (χ0v) is 12.0. The number of nitro benzene ring substituents is 1. The van der Waals surface area contributed by atoms with Gasteiger partial charge in [-0.25, -0.2) is 9.97 Å². The van der Waals surface area contributed by atoms with Gasteiger partial charge in [-0.2, -0.15) is 0 Å². The van der Waals surface area contributed by atoms with Gasteiger partial charge in [-0.15, -0.1) is 0 Å². The van der Waals surface area contributed by atoms with E-state index in [9.17, 15) is 10.1 Å². The van der Waals surface area contributed by atoms with Crippen molar-refractivity contribution in [3.8, 4) is 0 Å². The Morgan fingerprint density at radius 3 is 2.65 bits per heavy atom. The van der Waals surface area contributed by atoms with Crippen LogP contribution in [0.4, 0.5) is 11.4 Å². The highest BCUT2D eigenvalue weighted by atomic mass is 32.2. The second kappa shape index (κ2) is 6.33. The fourth-order valence-corrected chi connectivity index (χ4v) is 2.43. The van der Waals surface area contributed by atoms with Crippen molar-refractivity contribution < 1.29 is 4.92 Å². The number of non-ortho nitro benzene ring substituents is 1. The number of aromatic nitrogens is 2. The Kier molecular flexibility index (Phi) is 4.52. The van der Waals surface area contributed by atoms with Gasteiger partial charge in [0.2, 0.25) is 0 Å².